The molecule has 7 heteroatoms. The average Bonchev–Trinajstić information content (AvgIpc) is 2.88. The number of rotatable bonds is 6. The van der Waals surface area contributed by atoms with Crippen LogP contribution in [0.5, 0.6) is 5.75 Å². The van der Waals surface area contributed by atoms with Crippen LogP contribution in [0.1, 0.15) is 33.9 Å². The van der Waals surface area contributed by atoms with Crippen molar-refractivity contribution in [2.45, 2.75) is 23.9 Å². The van der Waals surface area contributed by atoms with Gasteiger partial charge in [0.05, 0.1) is 17.5 Å². The molecule has 1 heterocycles. The molecule has 0 radical (unpaired) electrons. The molecule has 0 aromatic heterocycles. The van der Waals surface area contributed by atoms with E-state index in [1.54, 1.807) is 42.5 Å². The van der Waals surface area contributed by atoms with Gasteiger partial charge in [-0.05, 0) is 46.7 Å². The molecule has 0 fully saturated rings. The molecule has 1 atom stereocenters. The van der Waals surface area contributed by atoms with Crippen molar-refractivity contribution in [3.63, 3.8) is 0 Å². The number of fused-ring (bicyclic) bond motifs is 2. The van der Waals surface area contributed by atoms with E-state index in [-0.39, 0.29) is 23.4 Å². The number of hydrogen-bond donors (Lipinski definition) is 2. The summed E-state index contributed by atoms with van der Waals surface area (Å²) in [6.07, 6.45) is 0.706. The van der Waals surface area contributed by atoms with Crippen LogP contribution in [-0.4, -0.2) is 20.9 Å². The molecule has 0 unspecified atom stereocenters. The number of carbonyl (C=O) groups excluding carboxylic acids is 1. The van der Waals surface area contributed by atoms with Crippen molar-refractivity contribution in [3.05, 3.63) is 108 Å². The maximum absolute atomic E-state index is 12.8. The fraction of sp³-hybridized carbons (Fsp3) is 0.148. The average molecular weight is 473 g/mol. The first-order chi connectivity index (χ1) is 16.5. The molecular weight excluding hydrogens is 448 g/mol. The number of ether oxygens (including phenoxy) is 1. The van der Waals surface area contributed by atoms with Gasteiger partial charge >= 0.3 is 0 Å². The molecule has 1 amide bonds. The van der Waals surface area contributed by atoms with Crippen LogP contribution < -0.4 is 14.8 Å². The summed E-state index contributed by atoms with van der Waals surface area (Å²) < 4.78 is 33.8. The van der Waals surface area contributed by atoms with E-state index < -0.39 is 10.0 Å². The number of nitrogens with one attached hydrogen (secondary N) is 2. The second-order valence-corrected chi connectivity index (χ2v) is 10.00. The molecular formula is C27H24N2O4S. The molecule has 0 saturated heterocycles. The summed E-state index contributed by atoms with van der Waals surface area (Å²) in [5.41, 5.74) is 2.25. The highest BCUT2D eigenvalue weighted by molar-refractivity contribution is 7.89. The third kappa shape index (κ3) is 4.66. The van der Waals surface area contributed by atoms with Gasteiger partial charge in [-0.3, -0.25) is 4.79 Å². The fourth-order valence-corrected chi connectivity index (χ4v) is 5.16. The lowest BCUT2D eigenvalue weighted by atomic mass is 10.00. The molecule has 1 aliphatic rings. The molecule has 2 N–H and O–H groups in total. The van der Waals surface area contributed by atoms with E-state index in [9.17, 15) is 13.2 Å². The van der Waals surface area contributed by atoms with Gasteiger partial charge in [-0.15, -0.1) is 0 Å². The minimum atomic E-state index is -3.67. The lowest BCUT2D eigenvalue weighted by Crippen LogP contribution is -2.32. The Bertz CT molecular complexity index is 1450. The summed E-state index contributed by atoms with van der Waals surface area (Å²) >= 11 is 0. The van der Waals surface area contributed by atoms with Gasteiger partial charge < -0.3 is 10.1 Å². The molecule has 0 saturated carbocycles. The van der Waals surface area contributed by atoms with Crippen LogP contribution in [0.3, 0.4) is 0 Å². The third-order valence-corrected chi connectivity index (χ3v) is 7.38. The second-order valence-electron chi connectivity index (χ2n) is 8.23. The van der Waals surface area contributed by atoms with Crippen LogP contribution >= 0.6 is 0 Å². The first kappa shape index (κ1) is 22.1. The van der Waals surface area contributed by atoms with Crippen LogP contribution in [0.4, 0.5) is 0 Å². The van der Waals surface area contributed by atoms with Gasteiger partial charge in [0.25, 0.3) is 5.91 Å². The van der Waals surface area contributed by atoms with Crippen molar-refractivity contribution in [1.82, 2.24) is 10.0 Å². The van der Waals surface area contributed by atoms with E-state index in [1.807, 2.05) is 48.5 Å². The molecule has 0 spiro atoms. The monoisotopic (exact) mass is 472 g/mol. The van der Waals surface area contributed by atoms with E-state index in [2.05, 4.69) is 10.0 Å². The van der Waals surface area contributed by atoms with Gasteiger partial charge in [0.1, 0.15) is 5.75 Å². The Morgan fingerprint density at radius 2 is 1.62 bits per heavy atom. The summed E-state index contributed by atoms with van der Waals surface area (Å²) in [6, 6.07) is 27.2. The van der Waals surface area contributed by atoms with E-state index in [4.69, 9.17) is 4.74 Å². The standard InChI is InChI=1S/C27H24N2O4S/c30-27(29-25-15-16-33-26-8-4-3-7-24(25)26)21-11-9-19(10-12-21)18-28-34(31,32)23-14-13-20-5-1-2-6-22(20)17-23/h1-14,17,25,28H,15-16,18H2,(H,29,30)/t25-/m0/s1. The van der Waals surface area contributed by atoms with E-state index in [0.717, 1.165) is 27.6 Å². The van der Waals surface area contributed by atoms with E-state index in [1.165, 1.54) is 0 Å². The number of sulfonamides is 1. The number of carbonyl (C=O) groups is 1. The molecule has 34 heavy (non-hydrogen) atoms. The van der Waals surface area contributed by atoms with Gasteiger partial charge in [-0.2, -0.15) is 0 Å². The zero-order chi connectivity index (χ0) is 23.5. The number of benzene rings is 4. The Kier molecular flexibility index (Phi) is 6.04. The van der Waals surface area contributed by atoms with Crippen molar-refractivity contribution < 1.29 is 17.9 Å². The van der Waals surface area contributed by atoms with Crippen molar-refractivity contribution in [1.29, 1.82) is 0 Å². The van der Waals surface area contributed by atoms with Crippen LogP contribution in [-0.2, 0) is 16.6 Å². The topological polar surface area (TPSA) is 84.5 Å². The predicted molar refractivity (Wildman–Crippen MR) is 131 cm³/mol. The Labute approximate surface area is 198 Å². The smallest absolute Gasteiger partial charge is 0.251 e. The van der Waals surface area contributed by atoms with Crippen LogP contribution in [0.25, 0.3) is 10.8 Å². The van der Waals surface area contributed by atoms with Gasteiger partial charge in [-0.1, -0.05) is 60.7 Å². The predicted octanol–water partition coefficient (Wildman–Crippen LogP) is 4.57. The second kappa shape index (κ2) is 9.29. The Morgan fingerprint density at radius 1 is 0.882 bits per heavy atom. The molecule has 4 aromatic carbocycles. The van der Waals surface area contributed by atoms with Crippen molar-refractivity contribution in [3.8, 4) is 5.75 Å². The Hall–Kier alpha value is -3.68. The normalized spacial score (nSPS) is 15.4. The van der Waals surface area contributed by atoms with Crippen LogP contribution in [0, 0.1) is 0 Å². The van der Waals surface area contributed by atoms with Crippen LogP contribution in [0.15, 0.2) is 95.9 Å². The van der Waals surface area contributed by atoms with Crippen LogP contribution in [0.2, 0.25) is 0 Å². The van der Waals surface area contributed by atoms with Crippen molar-refractivity contribution in [2.24, 2.45) is 0 Å². The highest BCUT2D eigenvalue weighted by Crippen LogP contribution is 2.31. The highest BCUT2D eigenvalue weighted by atomic mass is 32.2. The van der Waals surface area contributed by atoms with Gasteiger partial charge in [0, 0.05) is 24.1 Å². The molecule has 0 bridgehead atoms. The number of para-hydroxylation sites is 1. The van der Waals surface area contributed by atoms with Crippen molar-refractivity contribution >= 4 is 26.7 Å². The minimum Gasteiger partial charge on any atom is -0.493 e. The highest BCUT2D eigenvalue weighted by Gasteiger charge is 2.23. The van der Waals surface area contributed by atoms with E-state index in [0.29, 0.717) is 18.6 Å². The number of hydrogen-bond acceptors (Lipinski definition) is 4. The Balaban J connectivity index is 1.23. The summed E-state index contributed by atoms with van der Waals surface area (Å²) in [4.78, 5) is 13.0. The first-order valence-corrected chi connectivity index (χ1v) is 12.6. The van der Waals surface area contributed by atoms with Crippen molar-refractivity contribution in [2.75, 3.05) is 6.61 Å². The number of amides is 1. The Morgan fingerprint density at radius 3 is 2.44 bits per heavy atom. The summed E-state index contributed by atoms with van der Waals surface area (Å²) in [5.74, 6) is 0.623. The SMILES string of the molecule is O=C(N[C@H]1CCOc2ccccc21)c1ccc(CNS(=O)(=O)c2ccc3ccccc3c2)cc1. The molecule has 6 nitrogen and oxygen atoms in total. The molecule has 4 aromatic rings. The zero-order valence-corrected chi connectivity index (χ0v) is 19.2. The first-order valence-electron chi connectivity index (χ1n) is 11.1. The molecule has 1 aliphatic heterocycles. The minimum absolute atomic E-state index is 0.106. The quantitative estimate of drug-likeness (QED) is 0.431. The maximum atomic E-state index is 12.8. The maximum Gasteiger partial charge on any atom is 0.251 e. The van der Waals surface area contributed by atoms with Gasteiger partial charge in [0.15, 0.2) is 0 Å². The largest absolute Gasteiger partial charge is 0.493 e. The van der Waals surface area contributed by atoms with Gasteiger partial charge in [-0.25, -0.2) is 13.1 Å². The summed E-state index contributed by atoms with van der Waals surface area (Å²) in [6.45, 7) is 0.683. The fourth-order valence-electron chi connectivity index (χ4n) is 4.10. The molecule has 0 aliphatic carbocycles. The zero-order valence-electron chi connectivity index (χ0n) is 18.4. The van der Waals surface area contributed by atoms with E-state index >= 15 is 0 Å². The summed E-state index contributed by atoms with van der Waals surface area (Å²) in [7, 11) is -3.67. The lowest BCUT2D eigenvalue weighted by Gasteiger charge is -2.26. The molecule has 172 valence electrons. The van der Waals surface area contributed by atoms with Gasteiger partial charge in [0.2, 0.25) is 10.0 Å². The third-order valence-electron chi connectivity index (χ3n) is 5.98. The summed E-state index contributed by atoms with van der Waals surface area (Å²) in [5, 5.41) is 4.93. The molecule has 5 rings (SSSR count). The lowest BCUT2D eigenvalue weighted by molar-refractivity contribution is 0.0924.